The van der Waals surface area contributed by atoms with Crippen LogP contribution in [-0.2, 0) is 0 Å². The largest absolute Gasteiger partial charge is 0.322 e. The van der Waals surface area contributed by atoms with Crippen LogP contribution < -0.4 is 5.32 Å². The van der Waals surface area contributed by atoms with E-state index in [1.54, 1.807) is 13.0 Å². The summed E-state index contributed by atoms with van der Waals surface area (Å²) in [4.78, 5) is 11.8. The second kappa shape index (κ2) is 4.96. The second-order valence-corrected chi connectivity index (χ2v) is 3.92. The molecule has 0 bridgehead atoms. The van der Waals surface area contributed by atoms with E-state index in [0.717, 1.165) is 5.56 Å². The van der Waals surface area contributed by atoms with Gasteiger partial charge in [0.1, 0.15) is 11.6 Å². The lowest BCUT2D eigenvalue weighted by atomic mass is 10.1. The van der Waals surface area contributed by atoms with Crippen LogP contribution in [0, 0.1) is 18.6 Å². The van der Waals surface area contributed by atoms with Crippen molar-refractivity contribution in [3.05, 3.63) is 65.2 Å². The maximum Gasteiger partial charge on any atom is 0.255 e. The van der Waals surface area contributed by atoms with E-state index in [9.17, 15) is 13.6 Å². The molecule has 0 atom stereocenters. The van der Waals surface area contributed by atoms with Gasteiger partial charge in [0, 0.05) is 11.3 Å². The molecule has 1 N–H and O–H groups in total. The summed E-state index contributed by atoms with van der Waals surface area (Å²) in [6.07, 6.45) is 0. The van der Waals surface area contributed by atoms with Gasteiger partial charge in [-0.2, -0.15) is 0 Å². The molecule has 0 saturated heterocycles. The summed E-state index contributed by atoms with van der Waals surface area (Å²) in [6, 6.07) is 9.30. The number of carbonyl (C=O) groups is 1. The molecule has 2 nitrogen and oxygen atoms in total. The van der Waals surface area contributed by atoms with Gasteiger partial charge in [-0.1, -0.05) is 6.07 Å². The highest BCUT2D eigenvalue weighted by Gasteiger charge is 2.08. The highest BCUT2D eigenvalue weighted by molar-refractivity contribution is 6.04. The van der Waals surface area contributed by atoms with E-state index in [0.29, 0.717) is 11.3 Å². The molecule has 2 rings (SSSR count). The van der Waals surface area contributed by atoms with Crippen LogP contribution in [0.25, 0.3) is 0 Å². The van der Waals surface area contributed by atoms with Gasteiger partial charge in [0.15, 0.2) is 0 Å². The molecule has 0 unspecified atom stereocenters. The summed E-state index contributed by atoms with van der Waals surface area (Å²) in [7, 11) is 0. The first kappa shape index (κ1) is 12.2. The summed E-state index contributed by atoms with van der Waals surface area (Å²) >= 11 is 0. The predicted molar refractivity (Wildman–Crippen MR) is 65.5 cm³/mol. The predicted octanol–water partition coefficient (Wildman–Crippen LogP) is 3.53. The minimum absolute atomic E-state index is 0.320. The van der Waals surface area contributed by atoms with E-state index in [1.165, 1.54) is 36.4 Å². The lowest BCUT2D eigenvalue weighted by molar-refractivity contribution is 0.102. The number of hydrogen-bond donors (Lipinski definition) is 1. The number of anilines is 1. The Bertz CT molecular complexity index is 579. The molecule has 18 heavy (non-hydrogen) atoms. The number of nitrogens with one attached hydrogen (secondary N) is 1. The van der Waals surface area contributed by atoms with E-state index in [4.69, 9.17) is 0 Å². The Kier molecular flexibility index (Phi) is 3.37. The maximum absolute atomic E-state index is 13.1. The Morgan fingerprint density at radius 3 is 2.28 bits per heavy atom. The quantitative estimate of drug-likeness (QED) is 0.864. The fraction of sp³-hybridized carbons (Fsp3) is 0.0714. The van der Waals surface area contributed by atoms with Crippen molar-refractivity contribution in [2.45, 2.75) is 6.92 Å². The fourth-order valence-corrected chi connectivity index (χ4v) is 1.52. The summed E-state index contributed by atoms with van der Waals surface area (Å²) < 4.78 is 25.8. The van der Waals surface area contributed by atoms with E-state index in [2.05, 4.69) is 5.32 Å². The van der Waals surface area contributed by atoms with Crippen LogP contribution in [0.5, 0.6) is 0 Å². The molecule has 2 aromatic carbocycles. The van der Waals surface area contributed by atoms with Crippen molar-refractivity contribution in [3.8, 4) is 0 Å². The Morgan fingerprint density at radius 2 is 1.61 bits per heavy atom. The van der Waals surface area contributed by atoms with Gasteiger partial charge in [-0.05, 0) is 48.9 Å². The second-order valence-electron chi connectivity index (χ2n) is 3.92. The summed E-state index contributed by atoms with van der Waals surface area (Å²) in [5.74, 6) is -1.23. The number of carbonyl (C=O) groups excluding carboxylic acids is 1. The van der Waals surface area contributed by atoms with Crippen molar-refractivity contribution >= 4 is 11.6 Å². The molecule has 0 heterocycles. The summed E-state index contributed by atoms with van der Waals surface area (Å²) in [6.45, 7) is 1.76. The van der Waals surface area contributed by atoms with E-state index < -0.39 is 17.5 Å². The molecule has 0 aliphatic carbocycles. The number of amides is 1. The van der Waals surface area contributed by atoms with Gasteiger partial charge in [-0.15, -0.1) is 0 Å². The Balaban J connectivity index is 2.21. The van der Waals surface area contributed by atoms with Gasteiger partial charge in [0.2, 0.25) is 0 Å². The smallest absolute Gasteiger partial charge is 0.255 e. The average Bonchev–Trinajstić information content (AvgIpc) is 2.34. The SMILES string of the molecule is Cc1ccc(F)cc1NC(=O)c1ccc(F)cc1. The van der Waals surface area contributed by atoms with Crippen LogP contribution in [0.1, 0.15) is 15.9 Å². The molecule has 0 saturated carbocycles. The molecule has 2 aromatic rings. The van der Waals surface area contributed by atoms with Crippen molar-refractivity contribution in [2.24, 2.45) is 0 Å². The van der Waals surface area contributed by atoms with Crippen molar-refractivity contribution in [1.82, 2.24) is 0 Å². The van der Waals surface area contributed by atoms with Gasteiger partial charge in [-0.25, -0.2) is 8.78 Å². The Morgan fingerprint density at radius 1 is 1.00 bits per heavy atom. The van der Waals surface area contributed by atoms with Gasteiger partial charge in [-0.3, -0.25) is 4.79 Å². The zero-order valence-corrected chi connectivity index (χ0v) is 9.71. The topological polar surface area (TPSA) is 29.1 Å². The summed E-state index contributed by atoms with van der Waals surface area (Å²) in [5, 5.41) is 2.59. The lowest BCUT2D eigenvalue weighted by Crippen LogP contribution is -2.12. The third kappa shape index (κ3) is 2.71. The first-order chi connectivity index (χ1) is 8.56. The number of benzene rings is 2. The molecule has 0 aliphatic rings. The zero-order chi connectivity index (χ0) is 13.1. The molecule has 0 aromatic heterocycles. The number of hydrogen-bond acceptors (Lipinski definition) is 1. The monoisotopic (exact) mass is 247 g/mol. The maximum atomic E-state index is 13.1. The molecule has 4 heteroatoms. The highest BCUT2D eigenvalue weighted by atomic mass is 19.1. The minimum Gasteiger partial charge on any atom is -0.322 e. The average molecular weight is 247 g/mol. The molecule has 0 radical (unpaired) electrons. The molecule has 92 valence electrons. The molecular weight excluding hydrogens is 236 g/mol. The van der Waals surface area contributed by atoms with Crippen LogP contribution in [0.15, 0.2) is 42.5 Å². The van der Waals surface area contributed by atoms with E-state index in [-0.39, 0.29) is 0 Å². The van der Waals surface area contributed by atoms with Crippen LogP contribution in [-0.4, -0.2) is 5.91 Å². The minimum atomic E-state index is -0.421. The van der Waals surface area contributed by atoms with Crippen LogP contribution in [0.4, 0.5) is 14.5 Å². The molecule has 0 spiro atoms. The first-order valence-corrected chi connectivity index (χ1v) is 5.39. The lowest BCUT2D eigenvalue weighted by Gasteiger charge is -2.08. The normalized spacial score (nSPS) is 10.2. The summed E-state index contributed by atoms with van der Waals surface area (Å²) in [5.41, 5.74) is 1.48. The van der Waals surface area contributed by atoms with Crippen LogP contribution in [0.3, 0.4) is 0 Å². The molecule has 1 amide bonds. The molecule has 0 fully saturated rings. The Hall–Kier alpha value is -2.23. The van der Waals surface area contributed by atoms with Gasteiger partial charge >= 0.3 is 0 Å². The number of aryl methyl sites for hydroxylation is 1. The fourth-order valence-electron chi connectivity index (χ4n) is 1.52. The molecule has 0 aliphatic heterocycles. The third-order valence-corrected chi connectivity index (χ3v) is 2.55. The van der Waals surface area contributed by atoms with E-state index in [1.807, 2.05) is 0 Å². The standard InChI is InChI=1S/C14H11F2NO/c1-9-2-5-12(16)8-13(9)17-14(18)10-3-6-11(15)7-4-10/h2-8H,1H3,(H,17,18). The van der Waals surface area contributed by atoms with Crippen molar-refractivity contribution in [2.75, 3.05) is 5.32 Å². The third-order valence-electron chi connectivity index (χ3n) is 2.55. The van der Waals surface area contributed by atoms with Crippen LogP contribution in [0.2, 0.25) is 0 Å². The zero-order valence-electron chi connectivity index (χ0n) is 9.71. The van der Waals surface area contributed by atoms with Crippen molar-refractivity contribution < 1.29 is 13.6 Å². The van der Waals surface area contributed by atoms with Crippen molar-refractivity contribution in [3.63, 3.8) is 0 Å². The van der Waals surface area contributed by atoms with Crippen molar-refractivity contribution in [1.29, 1.82) is 0 Å². The van der Waals surface area contributed by atoms with Gasteiger partial charge in [0.05, 0.1) is 0 Å². The molecular formula is C14H11F2NO. The first-order valence-electron chi connectivity index (χ1n) is 5.39. The van der Waals surface area contributed by atoms with E-state index >= 15 is 0 Å². The number of halogens is 2. The number of rotatable bonds is 2. The highest BCUT2D eigenvalue weighted by Crippen LogP contribution is 2.17. The van der Waals surface area contributed by atoms with Gasteiger partial charge < -0.3 is 5.32 Å². The van der Waals surface area contributed by atoms with Gasteiger partial charge in [0.25, 0.3) is 5.91 Å². The van der Waals surface area contributed by atoms with Crippen LogP contribution >= 0.6 is 0 Å². The Labute approximate surface area is 103 Å².